The number of hydrogen-bond acceptors (Lipinski definition) is 7. The van der Waals surface area contributed by atoms with E-state index in [1.165, 1.54) is 4.90 Å². The number of carbonyl (C=O) groups is 2. The van der Waals surface area contributed by atoms with Gasteiger partial charge in [0.25, 0.3) is 11.8 Å². The maximum atomic E-state index is 12.9. The smallest absolute Gasteiger partial charge is 0.261 e. The van der Waals surface area contributed by atoms with E-state index in [2.05, 4.69) is 27.0 Å². The number of aryl methyl sites for hydroxylation is 1. The van der Waals surface area contributed by atoms with E-state index in [9.17, 15) is 9.59 Å². The van der Waals surface area contributed by atoms with Gasteiger partial charge in [0.1, 0.15) is 12.1 Å². The lowest BCUT2D eigenvalue weighted by Crippen LogP contribution is -2.43. The van der Waals surface area contributed by atoms with Crippen molar-refractivity contribution in [2.45, 2.75) is 44.8 Å². The zero-order valence-corrected chi connectivity index (χ0v) is 19.8. The summed E-state index contributed by atoms with van der Waals surface area (Å²) in [5.74, 6) is 0.449. The lowest BCUT2D eigenvalue weighted by molar-refractivity contribution is 0.0480. The highest BCUT2D eigenvalue weighted by atomic mass is 16.5. The minimum atomic E-state index is -0.174. The van der Waals surface area contributed by atoms with E-state index in [-0.39, 0.29) is 24.0 Å². The Morgan fingerprint density at radius 2 is 1.63 bits per heavy atom. The molecule has 2 aliphatic heterocycles. The van der Waals surface area contributed by atoms with Gasteiger partial charge in [0.15, 0.2) is 0 Å². The van der Waals surface area contributed by atoms with Crippen LogP contribution in [0.2, 0.25) is 0 Å². The molecule has 2 aromatic carbocycles. The summed E-state index contributed by atoms with van der Waals surface area (Å²) in [4.78, 5) is 38.5. The molecule has 2 amide bonds. The number of morpholine rings is 1. The van der Waals surface area contributed by atoms with Crippen LogP contribution in [-0.2, 0) is 4.74 Å². The molecule has 0 bridgehead atoms. The first-order chi connectivity index (χ1) is 17.1. The molecule has 6 rings (SSSR count). The predicted octanol–water partition coefficient (Wildman–Crippen LogP) is 3.76. The van der Waals surface area contributed by atoms with Gasteiger partial charge in [-0.1, -0.05) is 12.1 Å². The van der Waals surface area contributed by atoms with Gasteiger partial charge >= 0.3 is 0 Å². The molecule has 1 aromatic heterocycles. The molecule has 180 valence electrons. The molecule has 0 spiro atoms. The first-order valence-electron chi connectivity index (χ1n) is 12.3. The summed E-state index contributed by atoms with van der Waals surface area (Å²) in [7, 11) is 0. The van der Waals surface area contributed by atoms with E-state index in [0.29, 0.717) is 24.3 Å². The average molecular weight is 473 g/mol. The van der Waals surface area contributed by atoms with Crippen molar-refractivity contribution in [3.8, 4) is 5.75 Å². The van der Waals surface area contributed by atoms with Crippen LogP contribution in [0.5, 0.6) is 5.75 Å². The third kappa shape index (κ3) is 3.91. The molecular formula is C27H28N4O4. The first kappa shape index (κ1) is 22.0. The Labute approximate surface area is 203 Å². The van der Waals surface area contributed by atoms with Gasteiger partial charge < -0.3 is 14.4 Å². The number of hydrogen-bond donors (Lipinski definition) is 0. The fourth-order valence-corrected chi connectivity index (χ4v) is 5.53. The number of carbonyl (C=O) groups excluding carboxylic acids is 2. The SMILES string of the molecule is Cc1ncnc2cc(N3CCOCC3)cc(OC3CCC(N4C(=O)c5ccccc5C4=O)CC3)c12. The van der Waals surface area contributed by atoms with Crippen LogP contribution in [0.15, 0.2) is 42.7 Å². The third-order valence-electron chi connectivity index (χ3n) is 7.38. The van der Waals surface area contributed by atoms with Gasteiger partial charge in [-0.3, -0.25) is 14.5 Å². The summed E-state index contributed by atoms with van der Waals surface area (Å²) in [5, 5.41) is 0.937. The van der Waals surface area contributed by atoms with Crippen LogP contribution in [0, 0.1) is 6.92 Å². The quantitative estimate of drug-likeness (QED) is 0.535. The van der Waals surface area contributed by atoms with E-state index in [1.807, 2.05) is 6.92 Å². The summed E-state index contributed by atoms with van der Waals surface area (Å²) in [6.45, 7) is 5.06. The third-order valence-corrected chi connectivity index (χ3v) is 7.38. The van der Waals surface area contributed by atoms with Gasteiger partial charge in [0.2, 0.25) is 0 Å². The maximum absolute atomic E-state index is 12.9. The zero-order chi connectivity index (χ0) is 23.9. The van der Waals surface area contributed by atoms with Gasteiger partial charge in [-0.05, 0) is 50.8 Å². The van der Waals surface area contributed by atoms with Crippen molar-refractivity contribution >= 4 is 28.4 Å². The number of nitrogens with zero attached hydrogens (tertiary/aromatic N) is 4. The van der Waals surface area contributed by atoms with Crippen LogP contribution in [0.1, 0.15) is 52.1 Å². The van der Waals surface area contributed by atoms with E-state index >= 15 is 0 Å². The lowest BCUT2D eigenvalue weighted by atomic mass is 9.91. The summed E-state index contributed by atoms with van der Waals surface area (Å²) in [6, 6.07) is 11.2. The Morgan fingerprint density at radius 3 is 2.31 bits per heavy atom. The van der Waals surface area contributed by atoms with Crippen molar-refractivity contribution in [2.75, 3.05) is 31.2 Å². The highest BCUT2D eigenvalue weighted by Gasteiger charge is 2.41. The molecule has 0 unspecified atom stereocenters. The molecule has 3 aromatic rings. The van der Waals surface area contributed by atoms with Crippen LogP contribution >= 0.6 is 0 Å². The van der Waals surface area contributed by atoms with Crippen molar-refractivity contribution in [2.24, 2.45) is 0 Å². The number of ether oxygens (including phenoxy) is 2. The minimum Gasteiger partial charge on any atom is -0.490 e. The van der Waals surface area contributed by atoms with Crippen molar-refractivity contribution in [1.29, 1.82) is 0 Å². The molecule has 1 aliphatic carbocycles. The van der Waals surface area contributed by atoms with Gasteiger partial charge in [-0.15, -0.1) is 0 Å². The molecule has 0 radical (unpaired) electrons. The Hall–Kier alpha value is -3.52. The van der Waals surface area contributed by atoms with Gasteiger partial charge in [-0.2, -0.15) is 0 Å². The summed E-state index contributed by atoms with van der Waals surface area (Å²) in [5.41, 5.74) is 3.86. The van der Waals surface area contributed by atoms with Crippen LogP contribution in [0.25, 0.3) is 10.9 Å². The average Bonchev–Trinajstić information content (AvgIpc) is 3.15. The normalized spacial score (nSPS) is 22.5. The Bertz CT molecular complexity index is 1260. The number of imide groups is 1. The summed E-state index contributed by atoms with van der Waals surface area (Å²) in [6.07, 6.45) is 4.60. The fraction of sp³-hybridized carbons (Fsp3) is 0.407. The number of benzene rings is 2. The first-order valence-corrected chi connectivity index (χ1v) is 12.3. The molecule has 35 heavy (non-hydrogen) atoms. The fourth-order valence-electron chi connectivity index (χ4n) is 5.53. The standard InChI is InChI=1S/C27H28N4O4/c1-17-25-23(29-16-28-17)14-19(30-10-12-34-13-11-30)15-24(25)35-20-8-6-18(7-9-20)31-26(32)21-4-2-3-5-22(21)27(31)33/h2-5,14-16,18,20H,6-13H2,1H3. The van der Waals surface area contributed by atoms with Crippen LogP contribution < -0.4 is 9.64 Å². The van der Waals surface area contributed by atoms with Crippen molar-refractivity contribution in [1.82, 2.24) is 14.9 Å². The lowest BCUT2D eigenvalue weighted by Gasteiger charge is -2.34. The molecule has 3 aliphatic rings. The Kier molecular flexibility index (Phi) is 5.60. The molecular weight excluding hydrogens is 444 g/mol. The van der Waals surface area contributed by atoms with Crippen LogP contribution in [-0.4, -0.2) is 65.1 Å². The van der Waals surface area contributed by atoms with E-state index < -0.39 is 0 Å². The van der Waals surface area contributed by atoms with Crippen molar-refractivity contribution in [3.05, 3.63) is 59.5 Å². The van der Waals surface area contributed by atoms with Crippen molar-refractivity contribution < 1.29 is 19.1 Å². The Balaban J connectivity index is 1.21. The number of amides is 2. The van der Waals surface area contributed by atoms with Gasteiger partial charge in [-0.25, -0.2) is 9.97 Å². The second-order valence-electron chi connectivity index (χ2n) is 9.47. The largest absolute Gasteiger partial charge is 0.490 e. The topological polar surface area (TPSA) is 84.9 Å². The number of rotatable bonds is 4. The minimum absolute atomic E-state index is 0.00387. The molecule has 0 atom stereocenters. The molecule has 3 heterocycles. The van der Waals surface area contributed by atoms with E-state index in [4.69, 9.17) is 9.47 Å². The molecule has 8 nitrogen and oxygen atoms in total. The second-order valence-corrected chi connectivity index (χ2v) is 9.47. The van der Waals surface area contributed by atoms with Gasteiger partial charge in [0, 0.05) is 30.9 Å². The summed E-state index contributed by atoms with van der Waals surface area (Å²) >= 11 is 0. The van der Waals surface area contributed by atoms with Crippen LogP contribution in [0.3, 0.4) is 0 Å². The molecule has 2 fully saturated rings. The second kappa shape index (κ2) is 8.92. The van der Waals surface area contributed by atoms with Crippen LogP contribution in [0.4, 0.5) is 5.69 Å². The van der Waals surface area contributed by atoms with E-state index in [0.717, 1.165) is 66.8 Å². The number of fused-ring (bicyclic) bond motifs is 2. The summed E-state index contributed by atoms with van der Waals surface area (Å²) < 4.78 is 12.1. The highest BCUT2D eigenvalue weighted by Crippen LogP contribution is 2.37. The highest BCUT2D eigenvalue weighted by molar-refractivity contribution is 6.21. The van der Waals surface area contributed by atoms with E-state index in [1.54, 1.807) is 30.6 Å². The molecule has 8 heteroatoms. The number of anilines is 1. The predicted molar refractivity (Wildman–Crippen MR) is 131 cm³/mol. The zero-order valence-electron chi connectivity index (χ0n) is 19.8. The van der Waals surface area contributed by atoms with Crippen molar-refractivity contribution in [3.63, 3.8) is 0 Å². The number of aromatic nitrogens is 2. The van der Waals surface area contributed by atoms with Gasteiger partial charge in [0.05, 0.1) is 47.0 Å². The maximum Gasteiger partial charge on any atom is 0.261 e. The Morgan fingerprint density at radius 1 is 0.943 bits per heavy atom. The molecule has 0 N–H and O–H groups in total. The molecule has 1 saturated heterocycles. The monoisotopic (exact) mass is 472 g/mol. The molecule has 1 saturated carbocycles.